The van der Waals surface area contributed by atoms with Gasteiger partial charge in [-0.1, -0.05) is 23.7 Å². The first kappa shape index (κ1) is 20.7. The lowest BCUT2D eigenvalue weighted by molar-refractivity contribution is 0.00693. The zero-order valence-corrected chi connectivity index (χ0v) is 16.0. The smallest absolute Gasteiger partial charge is 0.205 e. The normalized spacial score (nSPS) is 22.3. The number of rotatable bonds is 5. The molecule has 10 heteroatoms. The Balaban J connectivity index is 0.00000264. The van der Waals surface area contributed by atoms with Crippen molar-refractivity contribution in [2.75, 3.05) is 20.6 Å². The maximum Gasteiger partial charge on any atom is 0.279 e. The highest BCUT2D eigenvalue weighted by Gasteiger charge is 2.38. The average molecular weight is 435 g/mol. The molecule has 2 rings (SSSR count). The Bertz CT molecular complexity index is 648. The Morgan fingerprint density at radius 1 is 1.43 bits per heavy atom. The molecule has 0 radical (unpaired) electrons. The van der Waals surface area contributed by atoms with Gasteiger partial charge in [0.05, 0.1) is 11.1 Å². The van der Waals surface area contributed by atoms with Crippen LogP contribution in [0.1, 0.15) is 12.0 Å². The summed E-state index contributed by atoms with van der Waals surface area (Å²) in [7, 11) is -0.908. The molecule has 0 saturated carbocycles. The van der Waals surface area contributed by atoms with E-state index in [0.717, 1.165) is 4.31 Å². The quantitative estimate of drug-likeness (QED) is 0.724. The van der Waals surface area contributed by atoms with E-state index in [9.17, 15) is 17.3 Å². The molecule has 0 bridgehead atoms. The van der Waals surface area contributed by atoms with E-state index in [1.807, 2.05) is 0 Å². The fourth-order valence-electron chi connectivity index (χ4n) is 2.42. The standard InChI is InChI=1S/C13H18ClF2N3O2S.BrH/c1-18(2)22(20,21)17-11-6-7-19(16)12(11)8-9-4-3-5-10(14)13(9)15;/h3-5,11-12,17H,6-8H2,1-2H3;1H/t11-,12+;/m1./s1. The molecular weight excluding hydrogens is 416 g/mol. The van der Waals surface area contributed by atoms with E-state index >= 15 is 0 Å². The Morgan fingerprint density at radius 2 is 2.09 bits per heavy atom. The topological polar surface area (TPSA) is 52.7 Å². The summed E-state index contributed by atoms with van der Waals surface area (Å²) < 4.78 is 55.2. The molecule has 1 saturated heterocycles. The average Bonchev–Trinajstić information content (AvgIpc) is 2.76. The Morgan fingerprint density at radius 3 is 2.70 bits per heavy atom. The maximum atomic E-state index is 14.0. The largest absolute Gasteiger partial charge is 0.279 e. The van der Waals surface area contributed by atoms with Crippen LogP contribution in [-0.4, -0.2) is 50.6 Å². The molecule has 23 heavy (non-hydrogen) atoms. The summed E-state index contributed by atoms with van der Waals surface area (Å²) >= 11 is 5.72. The third kappa shape index (κ3) is 4.83. The molecule has 1 aromatic carbocycles. The first-order valence-electron chi connectivity index (χ1n) is 6.77. The van der Waals surface area contributed by atoms with Gasteiger partial charge in [-0.3, -0.25) is 0 Å². The number of halogens is 4. The van der Waals surface area contributed by atoms with Crippen LogP contribution in [0.4, 0.5) is 8.87 Å². The summed E-state index contributed by atoms with van der Waals surface area (Å²) in [4.78, 5) is 0. The van der Waals surface area contributed by atoms with Crippen molar-refractivity contribution in [3.63, 3.8) is 0 Å². The highest BCUT2D eigenvalue weighted by atomic mass is 79.9. The summed E-state index contributed by atoms with van der Waals surface area (Å²) in [6, 6.07) is 3.11. The van der Waals surface area contributed by atoms with Gasteiger partial charge in [0.2, 0.25) is 0 Å². The van der Waals surface area contributed by atoms with Gasteiger partial charge in [-0.05, 0) is 24.5 Å². The summed E-state index contributed by atoms with van der Waals surface area (Å²) in [5.74, 6) is -0.598. The lowest BCUT2D eigenvalue weighted by Crippen LogP contribution is -2.48. The maximum absolute atomic E-state index is 14.0. The molecule has 1 aromatic rings. The first-order valence-corrected chi connectivity index (χ1v) is 8.59. The SMILES string of the molecule is Br.CN(C)S(=O)(=O)N[C@@H]1CCN(F)[C@H]1Cc1cccc(Cl)c1F. The Kier molecular flexibility index (Phi) is 7.36. The molecule has 5 nitrogen and oxygen atoms in total. The summed E-state index contributed by atoms with van der Waals surface area (Å²) in [6.07, 6.45) is 0.347. The second-order valence-electron chi connectivity index (χ2n) is 5.41. The van der Waals surface area contributed by atoms with E-state index in [4.69, 9.17) is 11.6 Å². The van der Waals surface area contributed by atoms with Crippen LogP contribution in [0, 0.1) is 5.82 Å². The van der Waals surface area contributed by atoms with Gasteiger partial charge in [-0.25, -0.2) is 4.39 Å². The fourth-order valence-corrected chi connectivity index (χ4v) is 3.49. The minimum atomic E-state index is -3.68. The lowest BCUT2D eigenvalue weighted by atomic mass is 10.0. The molecule has 0 amide bonds. The first-order chi connectivity index (χ1) is 10.2. The van der Waals surface area contributed by atoms with E-state index in [2.05, 4.69) is 4.72 Å². The van der Waals surface area contributed by atoms with Crippen LogP contribution < -0.4 is 4.72 Å². The second-order valence-corrected chi connectivity index (χ2v) is 7.73. The van der Waals surface area contributed by atoms with E-state index in [0.29, 0.717) is 11.5 Å². The van der Waals surface area contributed by atoms with E-state index in [1.165, 1.54) is 26.2 Å². The number of nitrogens with one attached hydrogen (secondary N) is 1. The monoisotopic (exact) mass is 433 g/mol. The molecule has 1 heterocycles. The van der Waals surface area contributed by atoms with Crippen LogP contribution in [-0.2, 0) is 16.6 Å². The zero-order valence-electron chi connectivity index (χ0n) is 12.7. The number of hydrogen-bond acceptors (Lipinski definition) is 3. The van der Waals surface area contributed by atoms with Gasteiger partial charge >= 0.3 is 0 Å². The predicted molar refractivity (Wildman–Crippen MR) is 91.2 cm³/mol. The Labute approximate surface area is 150 Å². The Hall–Kier alpha value is -0.320. The third-order valence-corrected chi connectivity index (χ3v) is 5.57. The van der Waals surface area contributed by atoms with Gasteiger partial charge in [0.25, 0.3) is 10.2 Å². The van der Waals surface area contributed by atoms with E-state index in [-0.39, 0.29) is 40.5 Å². The minimum absolute atomic E-state index is 0. The highest BCUT2D eigenvalue weighted by Crippen LogP contribution is 2.26. The molecule has 1 aliphatic rings. The van der Waals surface area contributed by atoms with Crippen LogP contribution in [0.2, 0.25) is 5.02 Å². The van der Waals surface area contributed by atoms with Crippen molar-refractivity contribution in [2.45, 2.75) is 24.9 Å². The zero-order chi connectivity index (χ0) is 16.5. The number of nitrogens with zero attached hydrogens (tertiary/aromatic N) is 2. The van der Waals surface area contributed by atoms with Gasteiger partial charge in [-0.2, -0.15) is 17.4 Å². The third-order valence-electron chi connectivity index (χ3n) is 3.72. The van der Waals surface area contributed by atoms with Crippen LogP contribution in [0.25, 0.3) is 0 Å². The van der Waals surface area contributed by atoms with Crippen molar-refractivity contribution in [2.24, 2.45) is 0 Å². The van der Waals surface area contributed by atoms with Gasteiger partial charge in [0, 0.05) is 26.7 Å². The second kappa shape index (κ2) is 8.17. The van der Waals surface area contributed by atoms with Crippen LogP contribution >= 0.6 is 28.6 Å². The molecule has 1 fully saturated rings. The van der Waals surface area contributed by atoms with Gasteiger partial charge in [0.1, 0.15) is 5.82 Å². The molecular formula is C13H19BrClF2N3O2S. The molecule has 0 spiro atoms. The van der Waals surface area contributed by atoms with Crippen molar-refractivity contribution >= 4 is 38.8 Å². The minimum Gasteiger partial charge on any atom is -0.205 e. The molecule has 0 aliphatic carbocycles. The molecule has 1 aliphatic heterocycles. The molecule has 0 unspecified atom stereocenters. The highest BCUT2D eigenvalue weighted by molar-refractivity contribution is 8.93. The van der Waals surface area contributed by atoms with Gasteiger partial charge in [0.15, 0.2) is 0 Å². The molecule has 2 atom stereocenters. The lowest BCUT2D eigenvalue weighted by Gasteiger charge is -2.24. The predicted octanol–water partition coefficient (Wildman–Crippen LogP) is 2.32. The molecule has 1 N–H and O–H groups in total. The van der Waals surface area contributed by atoms with Crippen LogP contribution in [0.3, 0.4) is 0 Å². The van der Waals surface area contributed by atoms with E-state index in [1.54, 1.807) is 6.07 Å². The fraction of sp³-hybridized carbons (Fsp3) is 0.538. The van der Waals surface area contributed by atoms with Crippen molar-refractivity contribution in [1.29, 1.82) is 0 Å². The van der Waals surface area contributed by atoms with Crippen molar-refractivity contribution in [1.82, 2.24) is 14.1 Å². The van der Waals surface area contributed by atoms with E-state index < -0.39 is 28.1 Å². The van der Waals surface area contributed by atoms with Gasteiger partial charge in [-0.15, -0.1) is 26.6 Å². The van der Waals surface area contributed by atoms with Gasteiger partial charge < -0.3 is 0 Å². The van der Waals surface area contributed by atoms with Crippen LogP contribution in [0.5, 0.6) is 0 Å². The summed E-state index contributed by atoms with van der Waals surface area (Å²) in [6.45, 7) is 0.0907. The molecule has 132 valence electrons. The molecule has 0 aromatic heterocycles. The van der Waals surface area contributed by atoms with Crippen LogP contribution in [0.15, 0.2) is 18.2 Å². The summed E-state index contributed by atoms with van der Waals surface area (Å²) in [5, 5.41) is 0.509. The van der Waals surface area contributed by atoms with Crippen molar-refractivity contribution in [3.8, 4) is 0 Å². The van der Waals surface area contributed by atoms with Crippen molar-refractivity contribution < 1.29 is 17.3 Å². The number of benzene rings is 1. The van der Waals surface area contributed by atoms with Crippen molar-refractivity contribution in [3.05, 3.63) is 34.6 Å². The number of hydrogen-bond donors (Lipinski definition) is 1. The summed E-state index contributed by atoms with van der Waals surface area (Å²) in [5.41, 5.74) is 0.260.